The molecule has 1 aromatic carbocycles. The molecule has 0 aliphatic carbocycles. The van der Waals surface area contributed by atoms with Gasteiger partial charge in [0.25, 0.3) is 10.0 Å². The molecule has 11 heteroatoms. The van der Waals surface area contributed by atoms with Crippen molar-refractivity contribution in [2.24, 2.45) is 0 Å². The lowest BCUT2D eigenvalue weighted by atomic mass is 10.1. The number of anilines is 1. The number of halogens is 2. The van der Waals surface area contributed by atoms with Gasteiger partial charge in [-0.3, -0.25) is 19.1 Å². The number of sulfonamides is 1. The number of hydrogen-bond acceptors (Lipinski definition) is 7. The van der Waals surface area contributed by atoms with Crippen molar-refractivity contribution >= 4 is 27.3 Å². The van der Waals surface area contributed by atoms with Crippen LogP contribution < -0.4 is 9.04 Å². The largest absolute Gasteiger partial charge is 0.480 e. The third-order valence-electron chi connectivity index (χ3n) is 6.72. The molecule has 1 saturated heterocycles. The highest BCUT2D eigenvalue weighted by Crippen LogP contribution is 2.32. The van der Waals surface area contributed by atoms with E-state index in [9.17, 15) is 8.42 Å². The number of hydrogen-bond donors (Lipinski definition) is 0. The minimum absolute atomic E-state index is 0.0608. The molecule has 38 heavy (non-hydrogen) atoms. The smallest absolute Gasteiger partial charge is 0.269 e. The molecule has 1 fully saturated rings. The maximum absolute atomic E-state index is 15.3. The van der Waals surface area contributed by atoms with Crippen LogP contribution in [0.15, 0.2) is 53.7 Å². The summed E-state index contributed by atoms with van der Waals surface area (Å²) in [4.78, 5) is 12.9. The molecule has 0 N–H and O–H groups in total. The highest BCUT2D eigenvalue weighted by Gasteiger charge is 2.29. The molecule has 0 saturated carbocycles. The Morgan fingerprint density at radius 2 is 1.84 bits per heavy atom. The van der Waals surface area contributed by atoms with Gasteiger partial charge in [0.05, 0.1) is 23.5 Å². The minimum atomic E-state index is -4.08. The first-order valence-corrected chi connectivity index (χ1v) is 14.4. The summed E-state index contributed by atoms with van der Waals surface area (Å²) in [6, 6.07) is 10.1. The van der Waals surface area contributed by atoms with Crippen molar-refractivity contribution in [3.8, 4) is 17.1 Å². The SMILES string of the molecule is CCN(c1ccnc(-c2ccc(CN3CCN(C(C)C)CC3)cc2F)c1)S(=O)(=O)c1cc(Cl)cnc1OC. The third-order valence-corrected chi connectivity index (χ3v) is 8.82. The van der Waals surface area contributed by atoms with Crippen molar-refractivity contribution < 1.29 is 17.5 Å². The first kappa shape index (κ1) is 28.2. The van der Waals surface area contributed by atoms with Crippen LogP contribution in [0.4, 0.5) is 10.1 Å². The van der Waals surface area contributed by atoms with E-state index in [1.165, 1.54) is 35.9 Å². The lowest BCUT2D eigenvalue weighted by Crippen LogP contribution is -2.48. The van der Waals surface area contributed by atoms with Gasteiger partial charge in [-0.05, 0) is 56.7 Å². The van der Waals surface area contributed by atoms with E-state index in [2.05, 4.69) is 33.6 Å². The minimum Gasteiger partial charge on any atom is -0.480 e. The topological polar surface area (TPSA) is 78.9 Å². The van der Waals surface area contributed by atoms with E-state index in [-0.39, 0.29) is 22.3 Å². The predicted molar refractivity (Wildman–Crippen MR) is 148 cm³/mol. The lowest BCUT2D eigenvalue weighted by molar-refractivity contribution is 0.104. The van der Waals surface area contributed by atoms with E-state index >= 15 is 4.39 Å². The van der Waals surface area contributed by atoms with Crippen LogP contribution in [-0.2, 0) is 16.6 Å². The Morgan fingerprint density at radius 1 is 1.11 bits per heavy atom. The highest BCUT2D eigenvalue weighted by atomic mass is 35.5. The summed E-state index contributed by atoms with van der Waals surface area (Å²) >= 11 is 6.03. The van der Waals surface area contributed by atoms with E-state index in [0.717, 1.165) is 31.7 Å². The van der Waals surface area contributed by atoms with Crippen molar-refractivity contribution in [3.63, 3.8) is 0 Å². The van der Waals surface area contributed by atoms with Crippen LogP contribution in [0.2, 0.25) is 5.02 Å². The van der Waals surface area contributed by atoms with E-state index in [1.807, 2.05) is 6.07 Å². The van der Waals surface area contributed by atoms with Crippen LogP contribution in [0.5, 0.6) is 5.88 Å². The number of rotatable bonds is 9. The zero-order valence-corrected chi connectivity index (χ0v) is 23.6. The van der Waals surface area contributed by atoms with E-state index < -0.39 is 15.8 Å². The molecule has 204 valence electrons. The molecule has 0 spiro atoms. The number of piperazine rings is 1. The Hall–Kier alpha value is -2.79. The van der Waals surface area contributed by atoms with Gasteiger partial charge < -0.3 is 4.74 Å². The first-order chi connectivity index (χ1) is 18.1. The molecule has 1 aliphatic rings. The van der Waals surface area contributed by atoms with Crippen molar-refractivity contribution in [2.45, 2.75) is 38.3 Å². The number of pyridine rings is 2. The Morgan fingerprint density at radius 3 is 2.47 bits per heavy atom. The highest BCUT2D eigenvalue weighted by molar-refractivity contribution is 7.93. The quantitative estimate of drug-likeness (QED) is 0.375. The second-order valence-electron chi connectivity index (χ2n) is 9.45. The fraction of sp³-hybridized carbons (Fsp3) is 0.407. The van der Waals surface area contributed by atoms with Gasteiger partial charge in [0.1, 0.15) is 5.82 Å². The summed E-state index contributed by atoms with van der Waals surface area (Å²) in [7, 11) is -2.74. The molecular formula is C27H33ClFN5O3S. The molecule has 2 aromatic heterocycles. The second kappa shape index (κ2) is 11.9. The van der Waals surface area contributed by atoms with Gasteiger partial charge in [-0.2, -0.15) is 0 Å². The summed E-state index contributed by atoms with van der Waals surface area (Å²) in [5.41, 5.74) is 1.86. The van der Waals surface area contributed by atoms with Crippen molar-refractivity contribution in [1.82, 2.24) is 19.8 Å². The fourth-order valence-corrected chi connectivity index (χ4v) is 6.46. The average Bonchev–Trinajstić information content (AvgIpc) is 2.89. The van der Waals surface area contributed by atoms with Crippen LogP contribution in [0.3, 0.4) is 0 Å². The molecule has 0 atom stereocenters. The Balaban J connectivity index is 1.57. The predicted octanol–water partition coefficient (Wildman–Crippen LogP) is 4.69. The summed E-state index contributed by atoms with van der Waals surface area (Å²) in [6.45, 7) is 10.8. The molecule has 3 aromatic rings. The van der Waals surface area contributed by atoms with Gasteiger partial charge in [0.15, 0.2) is 4.90 Å². The zero-order chi connectivity index (χ0) is 27.4. The number of ether oxygens (including phenoxy) is 1. The van der Waals surface area contributed by atoms with Gasteiger partial charge in [0.2, 0.25) is 5.88 Å². The Bertz CT molecular complexity index is 1380. The number of nitrogens with zero attached hydrogens (tertiary/aromatic N) is 5. The molecule has 0 unspecified atom stereocenters. The van der Waals surface area contributed by atoms with E-state index in [1.54, 1.807) is 25.1 Å². The van der Waals surface area contributed by atoms with Crippen LogP contribution in [0.25, 0.3) is 11.3 Å². The van der Waals surface area contributed by atoms with Crippen molar-refractivity contribution in [2.75, 3.05) is 44.1 Å². The van der Waals surface area contributed by atoms with Crippen LogP contribution >= 0.6 is 11.6 Å². The zero-order valence-electron chi connectivity index (χ0n) is 22.1. The molecular weight excluding hydrogens is 529 g/mol. The van der Waals surface area contributed by atoms with Crippen LogP contribution in [-0.4, -0.2) is 74.1 Å². The molecule has 0 radical (unpaired) electrons. The monoisotopic (exact) mass is 561 g/mol. The maximum Gasteiger partial charge on any atom is 0.269 e. The molecule has 8 nitrogen and oxygen atoms in total. The molecule has 1 aliphatic heterocycles. The summed E-state index contributed by atoms with van der Waals surface area (Å²) in [5.74, 6) is -0.464. The van der Waals surface area contributed by atoms with Crippen LogP contribution in [0.1, 0.15) is 26.3 Å². The average molecular weight is 562 g/mol. The van der Waals surface area contributed by atoms with Crippen LogP contribution in [0, 0.1) is 5.82 Å². The number of benzene rings is 1. The third kappa shape index (κ3) is 6.09. The van der Waals surface area contributed by atoms with Gasteiger partial charge >= 0.3 is 0 Å². The van der Waals surface area contributed by atoms with Crippen molar-refractivity contribution in [3.05, 3.63) is 65.2 Å². The second-order valence-corrected chi connectivity index (χ2v) is 11.7. The van der Waals surface area contributed by atoms with E-state index in [0.29, 0.717) is 29.5 Å². The summed E-state index contributed by atoms with van der Waals surface area (Å²) in [5, 5.41) is 0.166. The molecule has 4 rings (SSSR count). The molecule has 0 amide bonds. The fourth-order valence-electron chi connectivity index (χ4n) is 4.64. The van der Waals surface area contributed by atoms with Crippen molar-refractivity contribution in [1.29, 1.82) is 0 Å². The van der Waals surface area contributed by atoms with E-state index in [4.69, 9.17) is 16.3 Å². The van der Waals surface area contributed by atoms with Gasteiger partial charge in [-0.15, -0.1) is 0 Å². The van der Waals surface area contributed by atoms with Gasteiger partial charge in [-0.25, -0.2) is 17.8 Å². The normalized spacial score (nSPS) is 15.1. The number of methoxy groups -OCH3 is 1. The maximum atomic E-state index is 15.3. The first-order valence-electron chi connectivity index (χ1n) is 12.6. The Kier molecular flexibility index (Phi) is 8.87. The number of aromatic nitrogens is 2. The van der Waals surface area contributed by atoms with Gasteiger partial charge in [-0.1, -0.05) is 17.7 Å². The molecule has 3 heterocycles. The standard InChI is InChI=1S/C27H33ClFN5O3S/c1-5-34(38(35,36)26-15-21(28)17-31-27(26)37-4)22-8-9-30-25(16-22)23-7-6-20(14-24(23)29)18-32-10-12-33(13-11-32)19(2)3/h6-9,14-17,19H,5,10-13,18H2,1-4H3. The lowest BCUT2D eigenvalue weighted by Gasteiger charge is -2.36. The van der Waals surface area contributed by atoms with Gasteiger partial charge in [0, 0.05) is 63.3 Å². The molecule has 0 bridgehead atoms. The summed E-state index contributed by atoms with van der Waals surface area (Å²) < 4.78 is 48.7. The Labute approximate surface area is 229 Å². The summed E-state index contributed by atoms with van der Waals surface area (Å²) in [6.07, 6.45) is 2.79.